The van der Waals surface area contributed by atoms with Gasteiger partial charge in [0.25, 0.3) is 0 Å². The van der Waals surface area contributed by atoms with E-state index in [0.717, 1.165) is 6.42 Å². The number of aliphatic hydroxyl groups is 1. The van der Waals surface area contributed by atoms with Crippen LogP contribution in [0.1, 0.15) is 19.8 Å². The second-order valence-corrected chi connectivity index (χ2v) is 2.49. The third-order valence-corrected chi connectivity index (χ3v) is 1.66. The summed E-state index contributed by atoms with van der Waals surface area (Å²) in [5.74, 6) is 0.468. The normalized spacial score (nSPS) is 28.2. The Hall–Kier alpha value is -0.300. The van der Waals surface area contributed by atoms with Gasteiger partial charge in [-0.15, -0.1) is 0 Å². The van der Waals surface area contributed by atoms with E-state index < -0.39 is 0 Å². The fourth-order valence-corrected chi connectivity index (χ4v) is 1.13. The smallest absolute Gasteiger partial charge is 0.0494 e. The molecule has 0 bridgehead atoms. The zero-order chi connectivity index (χ0) is 5.98. The van der Waals surface area contributed by atoms with Crippen molar-refractivity contribution in [2.24, 2.45) is 5.92 Å². The molecule has 0 saturated carbocycles. The third-order valence-electron chi connectivity index (χ3n) is 1.66. The summed E-state index contributed by atoms with van der Waals surface area (Å²) in [7, 11) is 0. The molecule has 1 heteroatoms. The molecule has 1 atom stereocenters. The quantitative estimate of drug-likeness (QED) is 0.507. The molecule has 0 saturated heterocycles. The minimum absolute atomic E-state index is 0.331. The molecule has 46 valence electrons. The highest BCUT2D eigenvalue weighted by molar-refractivity contribution is 5.07. The second kappa shape index (κ2) is 2.31. The number of aliphatic hydroxyl groups excluding tert-OH is 1. The van der Waals surface area contributed by atoms with Crippen LogP contribution in [0.3, 0.4) is 0 Å². The van der Waals surface area contributed by atoms with Gasteiger partial charge in [0.2, 0.25) is 0 Å². The van der Waals surface area contributed by atoms with Gasteiger partial charge in [-0.05, 0) is 19.8 Å². The minimum Gasteiger partial charge on any atom is -0.396 e. The molecule has 0 heterocycles. The summed E-state index contributed by atoms with van der Waals surface area (Å²) < 4.78 is 0. The maximum atomic E-state index is 8.64. The van der Waals surface area contributed by atoms with Crippen molar-refractivity contribution in [1.82, 2.24) is 0 Å². The molecule has 0 aromatic heterocycles. The van der Waals surface area contributed by atoms with Crippen molar-refractivity contribution >= 4 is 0 Å². The molecule has 0 amide bonds. The fourth-order valence-electron chi connectivity index (χ4n) is 1.13. The summed E-state index contributed by atoms with van der Waals surface area (Å²) in [4.78, 5) is 0. The highest BCUT2D eigenvalue weighted by Crippen LogP contribution is 2.22. The number of allylic oxidation sites excluding steroid dienone is 1. The summed E-state index contributed by atoms with van der Waals surface area (Å²) >= 11 is 0. The van der Waals surface area contributed by atoms with E-state index in [9.17, 15) is 0 Å². The van der Waals surface area contributed by atoms with Crippen LogP contribution in [0.2, 0.25) is 0 Å². The molecule has 0 aromatic carbocycles. The molecule has 0 aliphatic heterocycles. The Morgan fingerprint density at radius 2 is 2.62 bits per heavy atom. The Morgan fingerprint density at radius 3 is 2.88 bits per heavy atom. The Morgan fingerprint density at radius 1 is 1.88 bits per heavy atom. The fraction of sp³-hybridized carbons (Fsp3) is 0.714. The molecular weight excluding hydrogens is 100 g/mol. The van der Waals surface area contributed by atoms with Gasteiger partial charge in [-0.25, -0.2) is 0 Å². The minimum atomic E-state index is 0.331. The summed E-state index contributed by atoms with van der Waals surface area (Å²) in [6, 6.07) is 0. The number of rotatable bonds is 1. The molecule has 0 radical (unpaired) electrons. The van der Waals surface area contributed by atoms with E-state index >= 15 is 0 Å². The standard InChI is InChI=1S/C7H12O/c1-6-2-3-7(4-6)5-8/h4,7-8H,2-3,5H2,1H3. The average Bonchev–Trinajstić information content (AvgIpc) is 2.14. The maximum Gasteiger partial charge on any atom is 0.0494 e. The van der Waals surface area contributed by atoms with Crippen molar-refractivity contribution in [3.8, 4) is 0 Å². The van der Waals surface area contributed by atoms with E-state index in [2.05, 4.69) is 13.0 Å². The van der Waals surface area contributed by atoms with Crippen LogP contribution in [-0.4, -0.2) is 11.7 Å². The van der Waals surface area contributed by atoms with Crippen molar-refractivity contribution in [2.75, 3.05) is 6.61 Å². The summed E-state index contributed by atoms with van der Waals surface area (Å²) in [5.41, 5.74) is 1.43. The van der Waals surface area contributed by atoms with E-state index in [1.54, 1.807) is 0 Å². The largest absolute Gasteiger partial charge is 0.396 e. The first-order valence-corrected chi connectivity index (χ1v) is 3.11. The Kier molecular flexibility index (Phi) is 1.69. The Bertz CT molecular complexity index is 105. The lowest BCUT2D eigenvalue weighted by molar-refractivity contribution is 0.251. The van der Waals surface area contributed by atoms with Crippen LogP contribution in [0.5, 0.6) is 0 Å². The van der Waals surface area contributed by atoms with Gasteiger partial charge in [-0.1, -0.05) is 11.6 Å². The summed E-state index contributed by atoms with van der Waals surface area (Å²) in [5, 5.41) is 8.64. The average molecular weight is 112 g/mol. The molecule has 0 spiro atoms. The molecule has 1 nitrogen and oxygen atoms in total. The molecule has 1 rings (SSSR count). The summed E-state index contributed by atoms with van der Waals surface area (Å²) in [6.45, 7) is 2.45. The van der Waals surface area contributed by atoms with Crippen molar-refractivity contribution < 1.29 is 5.11 Å². The molecule has 1 aliphatic carbocycles. The van der Waals surface area contributed by atoms with Gasteiger partial charge in [-0.3, -0.25) is 0 Å². The van der Waals surface area contributed by atoms with Gasteiger partial charge in [0, 0.05) is 12.5 Å². The lowest BCUT2D eigenvalue weighted by Gasteiger charge is -1.96. The van der Waals surface area contributed by atoms with E-state index in [1.165, 1.54) is 12.0 Å². The zero-order valence-corrected chi connectivity index (χ0v) is 5.22. The van der Waals surface area contributed by atoms with Crippen molar-refractivity contribution in [3.05, 3.63) is 11.6 Å². The van der Waals surface area contributed by atoms with Crippen LogP contribution in [-0.2, 0) is 0 Å². The number of hydrogen-bond donors (Lipinski definition) is 1. The van der Waals surface area contributed by atoms with Crippen molar-refractivity contribution in [1.29, 1.82) is 0 Å². The van der Waals surface area contributed by atoms with Crippen LogP contribution >= 0.6 is 0 Å². The number of hydrogen-bond acceptors (Lipinski definition) is 1. The van der Waals surface area contributed by atoms with E-state index in [0.29, 0.717) is 12.5 Å². The SMILES string of the molecule is CC1=CC(CO)CC1. The third kappa shape index (κ3) is 1.10. The first kappa shape index (κ1) is 5.83. The first-order valence-electron chi connectivity index (χ1n) is 3.11. The first-order chi connectivity index (χ1) is 3.83. The van der Waals surface area contributed by atoms with E-state index in [1.807, 2.05) is 0 Å². The highest BCUT2D eigenvalue weighted by atomic mass is 16.3. The maximum absolute atomic E-state index is 8.64. The van der Waals surface area contributed by atoms with Gasteiger partial charge in [0.15, 0.2) is 0 Å². The molecule has 0 aromatic rings. The zero-order valence-electron chi connectivity index (χ0n) is 5.22. The molecular formula is C7H12O. The van der Waals surface area contributed by atoms with Gasteiger partial charge >= 0.3 is 0 Å². The van der Waals surface area contributed by atoms with E-state index in [-0.39, 0.29) is 0 Å². The van der Waals surface area contributed by atoms with Crippen molar-refractivity contribution in [2.45, 2.75) is 19.8 Å². The molecule has 1 aliphatic rings. The van der Waals surface area contributed by atoms with Crippen LogP contribution in [0.25, 0.3) is 0 Å². The Labute approximate surface area is 50.0 Å². The predicted octanol–water partition coefficient (Wildman–Crippen LogP) is 1.33. The molecule has 8 heavy (non-hydrogen) atoms. The monoisotopic (exact) mass is 112 g/mol. The van der Waals surface area contributed by atoms with Crippen molar-refractivity contribution in [3.63, 3.8) is 0 Å². The predicted molar refractivity (Wildman–Crippen MR) is 33.6 cm³/mol. The lowest BCUT2D eigenvalue weighted by Crippen LogP contribution is -1.96. The Balaban J connectivity index is 2.41. The van der Waals surface area contributed by atoms with Gasteiger partial charge in [0.1, 0.15) is 0 Å². The van der Waals surface area contributed by atoms with Gasteiger partial charge in [-0.2, -0.15) is 0 Å². The van der Waals surface area contributed by atoms with Crippen LogP contribution in [0.4, 0.5) is 0 Å². The lowest BCUT2D eigenvalue weighted by atomic mass is 10.1. The van der Waals surface area contributed by atoms with Gasteiger partial charge in [0.05, 0.1) is 0 Å². The second-order valence-electron chi connectivity index (χ2n) is 2.49. The molecule has 0 fully saturated rings. The van der Waals surface area contributed by atoms with Crippen LogP contribution < -0.4 is 0 Å². The van der Waals surface area contributed by atoms with Gasteiger partial charge < -0.3 is 5.11 Å². The van der Waals surface area contributed by atoms with E-state index in [4.69, 9.17) is 5.11 Å². The molecule has 1 N–H and O–H groups in total. The molecule has 1 unspecified atom stereocenters. The summed E-state index contributed by atoms with van der Waals surface area (Å²) in [6.07, 6.45) is 4.51. The topological polar surface area (TPSA) is 20.2 Å². The van der Waals surface area contributed by atoms with Crippen LogP contribution in [0.15, 0.2) is 11.6 Å². The highest BCUT2D eigenvalue weighted by Gasteiger charge is 2.10. The van der Waals surface area contributed by atoms with Crippen LogP contribution in [0, 0.1) is 5.92 Å².